The molecule has 0 bridgehead atoms. The third-order valence-electron chi connectivity index (χ3n) is 4.32. The van der Waals surface area contributed by atoms with Crippen LogP contribution >= 0.6 is 0 Å². The summed E-state index contributed by atoms with van der Waals surface area (Å²) in [7, 11) is 0. The molecule has 2 heterocycles. The van der Waals surface area contributed by atoms with Crippen LogP contribution in [0.4, 0.5) is 0 Å². The Morgan fingerprint density at radius 3 is 2.42 bits per heavy atom. The van der Waals surface area contributed by atoms with Gasteiger partial charge in [-0.05, 0) is 31.4 Å². The van der Waals surface area contributed by atoms with Crippen molar-refractivity contribution in [1.29, 1.82) is 0 Å². The van der Waals surface area contributed by atoms with Gasteiger partial charge in [-0.15, -0.1) is 0 Å². The molecule has 2 aliphatic rings. The molecule has 0 spiro atoms. The van der Waals surface area contributed by atoms with Crippen molar-refractivity contribution < 1.29 is 23.7 Å². The van der Waals surface area contributed by atoms with E-state index >= 15 is 0 Å². The number of fused-ring (bicyclic) bond motifs is 2. The minimum absolute atomic E-state index is 0.0449. The molecular formula is C17H14N2O5. The number of aromatic nitrogens is 1. The molecule has 1 aliphatic heterocycles. The first-order chi connectivity index (χ1) is 11.7. The van der Waals surface area contributed by atoms with Crippen LogP contribution in [0.3, 0.4) is 0 Å². The van der Waals surface area contributed by atoms with E-state index in [9.17, 15) is 14.4 Å². The summed E-state index contributed by atoms with van der Waals surface area (Å²) in [5, 5.41) is 4.27. The Bertz CT molecular complexity index is 819. The summed E-state index contributed by atoms with van der Waals surface area (Å²) in [4.78, 5) is 41.9. The van der Waals surface area contributed by atoms with Gasteiger partial charge >= 0.3 is 5.97 Å². The first kappa shape index (κ1) is 14.6. The zero-order valence-electron chi connectivity index (χ0n) is 12.8. The third kappa shape index (κ3) is 2.20. The maximum absolute atomic E-state index is 12.4. The molecule has 2 aromatic rings. The third-order valence-corrected chi connectivity index (χ3v) is 4.32. The Balaban J connectivity index is 1.59. The SMILES string of the molecule is O=C(ON1C(=O)c2ccccc2C1=O)c1noc2c1CCCCC2. The van der Waals surface area contributed by atoms with Gasteiger partial charge in [0.25, 0.3) is 11.8 Å². The molecule has 0 atom stereocenters. The predicted octanol–water partition coefficient (Wildman–Crippen LogP) is 2.31. The molecule has 24 heavy (non-hydrogen) atoms. The van der Waals surface area contributed by atoms with Gasteiger partial charge in [-0.3, -0.25) is 9.59 Å². The summed E-state index contributed by atoms with van der Waals surface area (Å²) >= 11 is 0. The number of hydroxylamine groups is 2. The highest BCUT2D eigenvalue weighted by molar-refractivity contribution is 6.21. The predicted molar refractivity (Wildman–Crippen MR) is 80.1 cm³/mol. The van der Waals surface area contributed by atoms with Crippen molar-refractivity contribution in [2.24, 2.45) is 0 Å². The molecule has 122 valence electrons. The highest BCUT2D eigenvalue weighted by Crippen LogP contribution is 2.26. The van der Waals surface area contributed by atoms with E-state index in [0.717, 1.165) is 25.7 Å². The van der Waals surface area contributed by atoms with Gasteiger partial charge in [0.2, 0.25) is 0 Å². The number of amides is 2. The molecule has 0 fully saturated rings. The van der Waals surface area contributed by atoms with Gasteiger partial charge in [0, 0.05) is 12.0 Å². The van der Waals surface area contributed by atoms with Gasteiger partial charge in [-0.25, -0.2) is 4.79 Å². The monoisotopic (exact) mass is 326 g/mol. The summed E-state index contributed by atoms with van der Waals surface area (Å²) in [5.41, 5.74) is 1.20. The lowest BCUT2D eigenvalue weighted by atomic mass is 10.1. The molecule has 0 unspecified atom stereocenters. The number of rotatable bonds is 2. The Labute approximate surface area is 137 Å². The van der Waals surface area contributed by atoms with Gasteiger partial charge in [-0.2, -0.15) is 0 Å². The van der Waals surface area contributed by atoms with Crippen molar-refractivity contribution >= 4 is 17.8 Å². The number of nitrogens with zero attached hydrogens (tertiary/aromatic N) is 2. The van der Waals surface area contributed by atoms with Gasteiger partial charge in [0.05, 0.1) is 11.1 Å². The quantitative estimate of drug-likeness (QED) is 0.621. The zero-order chi connectivity index (χ0) is 16.7. The van der Waals surface area contributed by atoms with Gasteiger partial charge in [0.1, 0.15) is 5.76 Å². The lowest BCUT2D eigenvalue weighted by molar-refractivity contribution is -0.0591. The molecule has 0 saturated heterocycles. The molecule has 7 heteroatoms. The van der Waals surface area contributed by atoms with Crippen LogP contribution in [0.5, 0.6) is 0 Å². The Kier molecular flexibility index (Phi) is 3.41. The fourth-order valence-electron chi connectivity index (χ4n) is 3.10. The van der Waals surface area contributed by atoms with Crippen LogP contribution < -0.4 is 0 Å². The van der Waals surface area contributed by atoms with E-state index in [1.54, 1.807) is 12.1 Å². The van der Waals surface area contributed by atoms with Crippen LogP contribution in [0.1, 0.15) is 61.8 Å². The lowest BCUT2D eigenvalue weighted by Gasteiger charge is -2.11. The van der Waals surface area contributed by atoms with Crippen LogP contribution in [0.25, 0.3) is 0 Å². The average Bonchev–Trinajstić information content (AvgIpc) is 2.99. The van der Waals surface area contributed by atoms with Crippen LogP contribution in [-0.4, -0.2) is 28.0 Å². The number of imide groups is 1. The second kappa shape index (κ2) is 5.59. The summed E-state index contributed by atoms with van der Waals surface area (Å²) in [6, 6.07) is 6.33. The maximum Gasteiger partial charge on any atom is 0.385 e. The van der Waals surface area contributed by atoms with Crippen molar-refractivity contribution in [3.05, 3.63) is 52.4 Å². The van der Waals surface area contributed by atoms with Crippen molar-refractivity contribution in [3.63, 3.8) is 0 Å². The number of aryl methyl sites for hydroxylation is 1. The second-order valence-corrected chi connectivity index (χ2v) is 5.82. The van der Waals surface area contributed by atoms with Crippen molar-refractivity contribution in [2.45, 2.75) is 32.1 Å². The first-order valence-electron chi connectivity index (χ1n) is 7.84. The number of hydrogen-bond acceptors (Lipinski definition) is 6. The van der Waals surface area contributed by atoms with E-state index in [0.29, 0.717) is 22.8 Å². The molecule has 1 aromatic carbocycles. The number of benzene rings is 1. The van der Waals surface area contributed by atoms with Crippen LogP contribution in [-0.2, 0) is 17.7 Å². The molecule has 4 rings (SSSR count). The highest BCUT2D eigenvalue weighted by atomic mass is 16.7. The van der Waals surface area contributed by atoms with Gasteiger partial charge < -0.3 is 9.36 Å². The first-order valence-corrected chi connectivity index (χ1v) is 7.84. The second-order valence-electron chi connectivity index (χ2n) is 5.82. The fourth-order valence-corrected chi connectivity index (χ4v) is 3.10. The summed E-state index contributed by atoms with van der Waals surface area (Å²) < 4.78 is 5.23. The van der Waals surface area contributed by atoms with E-state index in [1.165, 1.54) is 12.1 Å². The summed E-state index contributed by atoms with van der Waals surface area (Å²) in [6.07, 6.45) is 4.36. The highest BCUT2D eigenvalue weighted by Gasteiger charge is 2.39. The molecule has 2 amide bonds. The smallest absolute Gasteiger partial charge is 0.360 e. The normalized spacial score (nSPS) is 16.6. The van der Waals surface area contributed by atoms with Gasteiger partial charge in [0.15, 0.2) is 5.69 Å². The molecule has 0 saturated carbocycles. The van der Waals surface area contributed by atoms with Crippen LogP contribution in [0, 0.1) is 0 Å². The van der Waals surface area contributed by atoms with Crippen molar-refractivity contribution in [1.82, 2.24) is 10.2 Å². The standard InChI is InChI=1S/C17H14N2O5/c20-15-10-6-4-5-7-11(10)16(21)19(15)24-17(22)14-12-8-2-1-3-9-13(12)23-18-14/h4-7H,1-3,8-9H2. The zero-order valence-corrected chi connectivity index (χ0v) is 12.8. The number of hydrogen-bond donors (Lipinski definition) is 0. The van der Waals surface area contributed by atoms with E-state index < -0.39 is 17.8 Å². The molecule has 1 aromatic heterocycles. The fraction of sp³-hybridized carbons (Fsp3) is 0.294. The van der Waals surface area contributed by atoms with Gasteiger partial charge in [-0.1, -0.05) is 28.8 Å². The molecule has 1 aliphatic carbocycles. The van der Waals surface area contributed by atoms with Crippen LogP contribution in [0.2, 0.25) is 0 Å². The van der Waals surface area contributed by atoms with E-state index in [-0.39, 0.29) is 16.8 Å². The number of carbonyl (C=O) groups excluding carboxylic acids is 3. The topological polar surface area (TPSA) is 89.7 Å². The maximum atomic E-state index is 12.4. The Hall–Kier alpha value is -2.96. The summed E-state index contributed by atoms with van der Waals surface area (Å²) in [5.74, 6) is -1.48. The molecule has 0 N–H and O–H groups in total. The van der Waals surface area contributed by atoms with Crippen LogP contribution in [0.15, 0.2) is 28.8 Å². The van der Waals surface area contributed by atoms with E-state index in [2.05, 4.69) is 5.16 Å². The number of carbonyl (C=O) groups is 3. The van der Waals surface area contributed by atoms with Crippen molar-refractivity contribution in [2.75, 3.05) is 0 Å². The minimum atomic E-state index is -0.851. The molecule has 7 nitrogen and oxygen atoms in total. The largest absolute Gasteiger partial charge is 0.385 e. The Morgan fingerprint density at radius 1 is 1.04 bits per heavy atom. The van der Waals surface area contributed by atoms with E-state index in [4.69, 9.17) is 9.36 Å². The average molecular weight is 326 g/mol. The molecule has 0 radical (unpaired) electrons. The Morgan fingerprint density at radius 2 is 1.71 bits per heavy atom. The van der Waals surface area contributed by atoms with Crippen molar-refractivity contribution in [3.8, 4) is 0 Å². The molecular weight excluding hydrogens is 312 g/mol. The summed E-state index contributed by atoms with van der Waals surface area (Å²) in [6.45, 7) is 0. The van der Waals surface area contributed by atoms with E-state index in [1.807, 2.05) is 0 Å². The minimum Gasteiger partial charge on any atom is -0.360 e. The lowest BCUT2D eigenvalue weighted by Crippen LogP contribution is -2.33.